The van der Waals surface area contributed by atoms with Gasteiger partial charge in [-0.2, -0.15) is 0 Å². The van der Waals surface area contributed by atoms with E-state index in [2.05, 4.69) is 6.58 Å². The van der Waals surface area contributed by atoms with Gasteiger partial charge in [0.15, 0.2) is 6.29 Å². The smallest absolute Gasteiger partial charge is 0.157 e. The van der Waals surface area contributed by atoms with Crippen LogP contribution in [0.5, 0.6) is 0 Å². The number of ether oxygens (including phenoxy) is 2. The molecule has 0 aromatic heterocycles. The van der Waals surface area contributed by atoms with E-state index in [1.807, 2.05) is 0 Å². The Morgan fingerprint density at radius 1 is 1.64 bits per heavy atom. The van der Waals surface area contributed by atoms with E-state index in [1.165, 1.54) is 12.5 Å². The fourth-order valence-corrected chi connectivity index (χ4v) is 1.34. The molecule has 1 rings (SSSR count). The molecule has 0 aromatic carbocycles. The molecular formula is C11H20O3. The molecule has 14 heavy (non-hydrogen) atoms. The zero-order chi connectivity index (χ0) is 10.4. The molecule has 1 aliphatic rings. The molecule has 1 fully saturated rings. The molecule has 1 N–H and O–H groups in total. The molecule has 2 unspecified atom stereocenters. The molecule has 1 heterocycles. The lowest BCUT2D eigenvalue weighted by Gasteiger charge is -2.24. The molecular weight excluding hydrogens is 180 g/mol. The lowest BCUT2D eigenvalue weighted by molar-refractivity contribution is -0.167. The maximum Gasteiger partial charge on any atom is 0.157 e. The lowest BCUT2D eigenvalue weighted by atomic mass is 10.0. The fraction of sp³-hybridized carbons (Fsp3) is 0.818. The maximum absolute atomic E-state index is 9.61. The Hall–Kier alpha value is -0.380. The molecule has 0 aliphatic carbocycles. The van der Waals surface area contributed by atoms with Crippen molar-refractivity contribution in [3.05, 3.63) is 12.7 Å². The van der Waals surface area contributed by atoms with Crippen molar-refractivity contribution in [3.8, 4) is 0 Å². The second-order valence-electron chi connectivity index (χ2n) is 3.98. The van der Waals surface area contributed by atoms with Crippen LogP contribution in [0.15, 0.2) is 12.7 Å². The fourth-order valence-electron chi connectivity index (χ4n) is 1.34. The summed E-state index contributed by atoms with van der Waals surface area (Å²) in [5.74, 6) is 0. The van der Waals surface area contributed by atoms with Crippen molar-refractivity contribution in [1.82, 2.24) is 0 Å². The van der Waals surface area contributed by atoms with E-state index in [0.29, 0.717) is 13.0 Å². The van der Waals surface area contributed by atoms with Crippen molar-refractivity contribution < 1.29 is 14.6 Å². The van der Waals surface area contributed by atoms with Crippen LogP contribution in [0.4, 0.5) is 0 Å². The highest BCUT2D eigenvalue weighted by atomic mass is 16.7. The summed E-state index contributed by atoms with van der Waals surface area (Å²) in [5.41, 5.74) is -0.825. The second-order valence-corrected chi connectivity index (χ2v) is 3.98. The summed E-state index contributed by atoms with van der Waals surface area (Å²) in [6.07, 6.45) is 5.31. The highest BCUT2D eigenvalue weighted by Crippen LogP contribution is 2.16. The van der Waals surface area contributed by atoms with Crippen LogP contribution in [0.25, 0.3) is 0 Å². The topological polar surface area (TPSA) is 38.7 Å². The van der Waals surface area contributed by atoms with Gasteiger partial charge < -0.3 is 14.6 Å². The van der Waals surface area contributed by atoms with Gasteiger partial charge in [0.2, 0.25) is 0 Å². The molecule has 0 saturated carbocycles. The molecule has 1 saturated heterocycles. The third kappa shape index (κ3) is 4.22. The first-order valence-electron chi connectivity index (χ1n) is 5.23. The summed E-state index contributed by atoms with van der Waals surface area (Å²) in [7, 11) is 0. The van der Waals surface area contributed by atoms with Crippen LogP contribution in [0.2, 0.25) is 0 Å². The quantitative estimate of drug-likeness (QED) is 0.688. The molecule has 1 aliphatic heterocycles. The van der Waals surface area contributed by atoms with E-state index in [4.69, 9.17) is 9.47 Å². The Labute approximate surface area is 85.7 Å². The van der Waals surface area contributed by atoms with E-state index < -0.39 is 5.60 Å². The number of hydrogen-bond donors (Lipinski definition) is 1. The number of rotatable bonds is 5. The second kappa shape index (κ2) is 5.49. The summed E-state index contributed by atoms with van der Waals surface area (Å²) in [5, 5.41) is 9.61. The van der Waals surface area contributed by atoms with Gasteiger partial charge in [0.05, 0.1) is 12.2 Å². The molecule has 0 spiro atoms. The highest BCUT2D eigenvalue weighted by Gasteiger charge is 2.18. The van der Waals surface area contributed by atoms with Gasteiger partial charge in [-0.15, -0.1) is 6.58 Å². The minimum absolute atomic E-state index is 0.0654. The molecule has 0 bridgehead atoms. The van der Waals surface area contributed by atoms with Gasteiger partial charge in [-0.3, -0.25) is 0 Å². The van der Waals surface area contributed by atoms with E-state index >= 15 is 0 Å². The highest BCUT2D eigenvalue weighted by molar-refractivity contribution is 4.91. The molecule has 82 valence electrons. The molecule has 3 heteroatoms. The first-order valence-corrected chi connectivity index (χ1v) is 5.23. The van der Waals surface area contributed by atoms with Gasteiger partial charge in [0.25, 0.3) is 0 Å². The van der Waals surface area contributed by atoms with E-state index in [-0.39, 0.29) is 6.29 Å². The third-order valence-electron chi connectivity index (χ3n) is 2.49. The van der Waals surface area contributed by atoms with E-state index in [0.717, 1.165) is 19.4 Å². The van der Waals surface area contributed by atoms with Crippen molar-refractivity contribution in [2.75, 3.05) is 13.2 Å². The van der Waals surface area contributed by atoms with Crippen molar-refractivity contribution in [2.45, 2.75) is 44.5 Å². The van der Waals surface area contributed by atoms with Crippen LogP contribution in [0.3, 0.4) is 0 Å². The molecule has 0 aromatic rings. The summed E-state index contributed by atoms with van der Waals surface area (Å²) in [4.78, 5) is 0. The zero-order valence-corrected chi connectivity index (χ0v) is 8.87. The summed E-state index contributed by atoms with van der Waals surface area (Å²) < 4.78 is 10.9. The average Bonchev–Trinajstić information content (AvgIpc) is 2.19. The van der Waals surface area contributed by atoms with Crippen LogP contribution >= 0.6 is 0 Å². The molecule has 0 amide bonds. The largest absolute Gasteiger partial charge is 0.386 e. The van der Waals surface area contributed by atoms with Crippen LogP contribution in [-0.4, -0.2) is 30.2 Å². The normalized spacial score (nSPS) is 26.9. The van der Waals surface area contributed by atoms with Crippen LogP contribution in [0, 0.1) is 0 Å². The maximum atomic E-state index is 9.61. The Bertz CT molecular complexity index is 171. The number of aliphatic hydroxyl groups is 1. The standard InChI is InChI=1S/C11H20O3/c1-3-11(2,12)7-9-14-10-6-4-5-8-13-10/h3,10,12H,1,4-9H2,2H3. The van der Waals surface area contributed by atoms with Crippen LogP contribution in [-0.2, 0) is 9.47 Å². The van der Waals surface area contributed by atoms with E-state index in [9.17, 15) is 5.11 Å². The van der Waals surface area contributed by atoms with Gasteiger partial charge in [0.1, 0.15) is 0 Å². The van der Waals surface area contributed by atoms with Crippen molar-refractivity contribution >= 4 is 0 Å². The van der Waals surface area contributed by atoms with Crippen molar-refractivity contribution in [3.63, 3.8) is 0 Å². The van der Waals surface area contributed by atoms with Crippen LogP contribution in [0.1, 0.15) is 32.6 Å². The molecule has 0 radical (unpaired) electrons. The molecule has 3 nitrogen and oxygen atoms in total. The van der Waals surface area contributed by atoms with Crippen molar-refractivity contribution in [1.29, 1.82) is 0 Å². The lowest BCUT2D eigenvalue weighted by Crippen LogP contribution is -2.27. The first-order chi connectivity index (χ1) is 6.64. The zero-order valence-electron chi connectivity index (χ0n) is 8.87. The summed E-state index contributed by atoms with van der Waals surface area (Å²) in [6, 6.07) is 0. The minimum atomic E-state index is -0.825. The minimum Gasteiger partial charge on any atom is -0.386 e. The van der Waals surface area contributed by atoms with Crippen LogP contribution < -0.4 is 0 Å². The Kier molecular flexibility index (Phi) is 4.58. The predicted molar refractivity (Wildman–Crippen MR) is 55.0 cm³/mol. The van der Waals surface area contributed by atoms with Gasteiger partial charge in [-0.1, -0.05) is 6.08 Å². The van der Waals surface area contributed by atoms with Gasteiger partial charge in [-0.25, -0.2) is 0 Å². The van der Waals surface area contributed by atoms with Gasteiger partial charge in [0, 0.05) is 13.0 Å². The van der Waals surface area contributed by atoms with Crippen molar-refractivity contribution in [2.24, 2.45) is 0 Å². The monoisotopic (exact) mass is 200 g/mol. The Balaban J connectivity index is 2.11. The first kappa shape index (κ1) is 11.7. The van der Waals surface area contributed by atoms with Gasteiger partial charge in [-0.05, 0) is 26.2 Å². The average molecular weight is 200 g/mol. The predicted octanol–water partition coefficient (Wildman–Crippen LogP) is 1.86. The number of hydrogen-bond acceptors (Lipinski definition) is 3. The van der Waals surface area contributed by atoms with E-state index in [1.54, 1.807) is 6.92 Å². The summed E-state index contributed by atoms with van der Waals surface area (Å²) >= 11 is 0. The SMILES string of the molecule is C=CC(C)(O)CCOC1CCCCO1. The van der Waals surface area contributed by atoms with Gasteiger partial charge >= 0.3 is 0 Å². The molecule has 2 atom stereocenters. The Morgan fingerprint density at radius 3 is 3.00 bits per heavy atom. The summed E-state index contributed by atoms with van der Waals surface area (Å²) in [6.45, 7) is 6.60. The third-order valence-corrected chi connectivity index (χ3v) is 2.49. The Morgan fingerprint density at radius 2 is 2.43 bits per heavy atom.